The Labute approximate surface area is 621 Å². The molecule has 2 aromatic heterocycles. The van der Waals surface area contributed by atoms with Gasteiger partial charge in [0.1, 0.15) is 11.5 Å². The Morgan fingerprint density at radius 3 is 0.980 bits per heavy atom. The average molecular weight is 1550 g/mol. The smallest absolute Gasteiger partial charge is 0.253 e. The summed E-state index contributed by atoms with van der Waals surface area (Å²) in [5.74, 6) is 1.03. The normalized spacial score (nSPS) is 13.4. The van der Waals surface area contributed by atoms with Crippen LogP contribution in [-0.2, 0) is 39.3 Å². The van der Waals surface area contributed by atoms with Crippen molar-refractivity contribution in [3.05, 3.63) is 215 Å². The van der Waals surface area contributed by atoms with Crippen LogP contribution in [0.3, 0.4) is 0 Å². The van der Waals surface area contributed by atoms with Crippen LogP contribution in [0.25, 0.3) is 67.0 Å². The minimum absolute atomic E-state index is 0. The first-order chi connectivity index (χ1) is 48.2. The molecule has 0 aliphatic carbocycles. The maximum atomic E-state index is 11.6. The number of ether oxygens (including phenoxy) is 2. The van der Waals surface area contributed by atoms with Gasteiger partial charge in [0.05, 0.1) is 25.4 Å². The van der Waals surface area contributed by atoms with Crippen molar-refractivity contribution in [3.8, 4) is 78.5 Å². The first-order valence-corrected chi connectivity index (χ1v) is 36.2. The fraction of sp³-hybridized carbons (Fsp3) is 0.393. The van der Waals surface area contributed by atoms with Gasteiger partial charge >= 0.3 is 0 Å². The molecule has 4 heterocycles. The quantitative estimate of drug-likeness (QED) is 0.0275. The van der Waals surface area contributed by atoms with E-state index in [4.69, 9.17) is 9.47 Å². The van der Waals surface area contributed by atoms with E-state index in [0.29, 0.717) is 32.7 Å². The number of benzene rings is 6. The number of aliphatic hydroxyl groups is 2. The van der Waals surface area contributed by atoms with E-state index in [2.05, 4.69) is 150 Å². The van der Waals surface area contributed by atoms with E-state index in [1.807, 2.05) is 102 Å². The summed E-state index contributed by atoms with van der Waals surface area (Å²) < 4.78 is 12.1. The molecule has 0 saturated carbocycles. The number of aliphatic hydroxyl groups excluding tert-OH is 2. The fourth-order valence-corrected chi connectivity index (χ4v) is 13.1. The first-order valence-electron chi connectivity index (χ1n) is 36.2. The van der Waals surface area contributed by atoms with Crippen molar-refractivity contribution in [2.75, 3.05) is 26.3 Å². The van der Waals surface area contributed by atoms with Crippen LogP contribution in [0.15, 0.2) is 158 Å². The second-order valence-electron chi connectivity index (χ2n) is 29.2. The van der Waals surface area contributed by atoms with Gasteiger partial charge in [-0.1, -0.05) is 129 Å². The third-order valence-electron chi connectivity index (χ3n) is 19.9. The largest absolute Gasteiger partial charge is 0.494 e. The predicted octanol–water partition coefficient (Wildman–Crippen LogP) is 19.7. The molecule has 2 aliphatic rings. The Morgan fingerprint density at radius 1 is 0.392 bits per heavy atom. The monoisotopic (exact) mass is 1550 g/mol. The summed E-state index contributed by atoms with van der Waals surface area (Å²) in [5.41, 5.74) is 23.7. The van der Waals surface area contributed by atoms with Crippen LogP contribution in [0.4, 0.5) is 0 Å². The van der Waals surface area contributed by atoms with Crippen molar-refractivity contribution < 1.29 is 59.0 Å². The number of rotatable bonds is 28. The molecule has 0 spiro atoms. The van der Waals surface area contributed by atoms with E-state index >= 15 is 0 Å². The third-order valence-corrected chi connectivity index (χ3v) is 19.9. The Morgan fingerprint density at radius 2 is 0.686 bits per heavy atom. The summed E-state index contributed by atoms with van der Waals surface area (Å²) >= 11 is 0. The van der Waals surface area contributed by atoms with Crippen LogP contribution < -0.4 is 9.47 Å². The van der Waals surface area contributed by atoms with Gasteiger partial charge in [-0.15, -0.1) is 71.8 Å². The minimum atomic E-state index is -0.443. The van der Waals surface area contributed by atoms with Gasteiger partial charge in [-0.05, 0) is 229 Å². The molecule has 2 atom stereocenters. The SMILES string of the molecule is CC(C)(C)C(O)CC(O)C(C)(C)C.Cc1c(C)c(-c2ccnc(-c3[c-]cccc3)c2)c(C)c(C)c1-c1ccc(OCCCCCCCCN2C(=O)C=CC2=O)cc1.Cc1c(C)c(-c2ccnc(-c3[c-]cccc3)c2)c(C)c(C)c1-c1ccc(OCCCCCCCCN2C(=O)C=CC2=O)cc1.[Ir]. The molecular weight excluding hydrogens is 1450 g/mol. The Bertz CT molecular complexity index is 3810. The fourth-order valence-electron chi connectivity index (χ4n) is 13.1. The summed E-state index contributed by atoms with van der Waals surface area (Å²) in [6, 6.07) is 48.1. The summed E-state index contributed by atoms with van der Waals surface area (Å²) in [4.78, 5) is 58.3. The number of pyridine rings is 2. The molecule has 541 valence electrons. The van der Waals surface area contributed by atoms with Crippen molar-refractivity contribution >= 4 is 23.6 Å². The molecule has 2 N–H and O–H groups in total. The van der Waals surface area contributed by atoms with Crippen molar-refractivity contribution in [2.24, 2.45) is 10.8 Å². The van der Waals surface area contributed by atoms with E-state index in [-0.39, 0.29) is 54.6 Å². The van der Waals surface area contributed by atoms with Gasteiger partial charge < -0.3 is 29.7 Å². The number of aromatic nitrogens is 2. The van der Waals surface area contributed by atoms with E-state index < -0.39 is 12.2 Å². The zero-order chi connectivity index (χ0) is 73.0. The molecule has 0 fully saturated rings. The molecule has 1 radical (unpaired) electrons. The molecule has 4 amide bonds. The molecule has 13 heteroatoms. The Balaban J connectivity index is 0.000000242. The summed E-state index contributed by atoms with van der Waals surface area (Å²) in [6.45, 7) is 32.1. The summed E-state index contributed by atoms with van der Waals surface area (Å²) in [5, 5.41) is 19.5. The van der Waals surface area contributed by atoms with Crippen LogP contribution >= 0.6 is 0 Å². The van der Waals surface area contributed by atoms with E-state index in [9.17, 15) is 29.4 Å². The number of hydrogen-bond donors (Lipinski definition) is 2. The topological polar surface area (TPSA) is 159 Å². The molecule has 2 aliphatic heterocycles. The number of unbranched alkanes of at least 4 members (excludes halogenated alkanes) is 10. The van der Waals surface area contributed by atoms with Gasteiger partial charge in [0, 0.05) is 76.3 Å². The van der Waals surface area contributed by atoms with Crippen LogP contribution in [0.1, 0.15) is 170 Å². The van der Waals surface area contributed by atoms with Gasteiger partial charge in [-0.2, -0.15) is 0 Å². The molecule has 0 bridgehead atoms. The molecule has 8 aromatic rings. The average Bonchev–Trinajstić information content (AvgIpc) is 1.18. The molecule has 12 nitrogen and oxygen atoms in total. The van der Waals surface area contributed by atoms with Crippen molar-refractivity contribution in [1.82, 2.24) is 19.8 Å². The molecule has 2 unspecified atom stereocenters. The van der Waals surface area contributed by atoms with Crippen LogP contribution in [0, 0.1) is 78.4 Å². The maximum absolute atomic E-state index is 11.6. The molecule has 0 saturated heterocycles. The number of amides is 4. The van der Waals surface area contributed by atoms with Crippen molar-refractivity contribution in [3.63, 3.8) is 0 Å². The predicted molar refractivity (Wildman–Crippen MR) is 410 cm³/mol. The van der Waals surface area contributed by atoms with E-state index in [0.717, 1.165) is 111 Å². The van der Waals surface area contributed by atoms with Crippen LogP contribution in [0.5, 0.6) is 11.5 Å². The van der Waals surface area contributed by atoms with Gasteiger partial charge in [-0.3, -0.25) is 29.0 Å². The van der Waals surface area contributed by atoms with E-state index in [1.54, 1.807) is 0 Å². The first kappa shape index (κ1) is 80.9. The Kier molecular flexibility index (Phi) is 30.3. The van der Waals surface area contributed by atoms with Gasteiger partial charge in [-0.25, -0.2) is 0 Å². The van der Waals surface area contributed by atoms with Crippen LogP contribution in [-0.4, -0.2) is 92.1 Å². The third kappa shape index (κ3) is 21.8. The number of imide groups is 2. The van der Waals surface area contributed by atoms with Crippen molar-refractivity contribution in [1.29, 1.82) is 0 Å². The molecule has 10 rings (SSSR count). The summed E-state index contributed by atoms with van der Waals surface area (Å²) in [6.07, 6.45) is 21.2. The van der Waals surface area contributed by atoms with Gasteiger partial charge in [0.25, 0.3) is 23.6 Å². The van der Waals surface area contributed by atoms with Crippen molar-refractivity contribution in [2.45, 2.75) is 193 Å². The zero-order valence-corrected chi connectivity index (χ0v) is 65.0. The second-order valence-corrected chi connectivity index (χ2v) is 29.2. The van der Waals surface area contributed by atoms with Gasteiger partial charge in [0.2, 0.25) is 0 Å². The second kappa shape index (κ2) is 38.2. The molecule has 102 heavy (non-hydrogen) atoms. The number of carbonyl (C=O) groups excluding carboxylic acids is 4. The standard InChI is InChI=1S/2C39H41N2O3.C11H24O2.Ir/c2*1-27-29(3)39(33-22-23-40-35(26-33)31-14-10-9-11-15-31)30(4)28(2)38(27)32-16-18-34(19-17-32)44-25-13-8-6-5-7-12-24-41-36(42)20-21-37(41)43;1-10(2,3)8(12)7-9(13)11(4,5)6;/h2*9-11,14,16-23,26H,5-8,12-13,24-25H2,1-4H3;8-9,12-13H,7H2,1-6H3;/q2*-1;;. The molecular formula is C89H106IrN4O8-2. The number of nitrogens with zero attached hydrogens (tertiary/aromatic N) is 4. The Hall–Kier alpha value is -8.45. The van der Waals surface area contributed by atoms with Gasteiger partial charge in [0.15, 0.2) is 0 Å². The number of carbonyl (C=O) groups is 4. The molecule has 6 aromatic carbocycles. The van der Waals surface area contributed by atoms with Crippen LogP contribution in [0.2, 0.25) is 0 Å². The van der Waals surface area contributed by atoms with E-state index in [1.165, 1.54) is 123 Å². The summed E-state index contributed by atoms with van der Waals surface area (Å²) in [7, 11) is 0. The number of hydrogen-bond acceptors (Lipinski definition) is 10. The minimum Gasteiger partial charge on any atom is -0.494 e. The maximum Gasteiger partial charge on any atom is 0.253 e. The zero-order valence-electron chi connectivity index (χ0n) is 62.7.